The van der Waals surface area contributed by atoms with Crippen LogP contribution in [0, 0.1) is 0 Å². The summed E-state index contributed by atoms with van der Waals surface area (Å²) in [5, 5.41) is 2.91. The third kappa shape index (κ3) is 4.54. The SMILES string of the molecule is C[C@H](N=C1NS(=O)(=O)c2ccccc21)C(=O)NCc1cccnc1N1CCN(C)CC1. The molecule has 0 aliphatic carbocycles. The largest absolute Gasteiger partial charge is 0.354 e. The molecule has 1 aromatic heterocycles. The number of hydrogen-bond acceptors (Lipinski definition) is 7. The van der Waals surface area contributed by atoms with Gasteiger partial charge < -0.3 is 15.1 Å². The summed E-state index contributed by atoms with van der Waals surface area (Å²) in [5.41, 5.74) is 1.42. The molecule has 0 unspecified atom stereocenters. The first-order valence-corrected chi connectivity index (χ1v) is 11.7. The number of nitrogens with zero attached hydrogens (tertiary/aromatic N) is 4. The summed E-state index contributed by atoms with van der Waals surface area (Å²) in [6, 6.07) is 9.65. The van der Waals surface area contributed by atoms with Crippen molar-refractivity contribution < 1.29 is 13.2 Å². The van der Waals surface area contributed by atoms with Crippen LogP contribution >= 0.6 is 0 Å². The summed E-state index contributed by atoms with van der Waals surface area (Å²) in [6.07, 6.45) is 1.76. The lowest BCUT2D eigenvalue weighted by Crippen LogP contribution is -2.45. The summed E-state index contributed by atoms with van der Waals surface area (Å²) in [4.78, 5) is 26.2. The van der Waals surface area contributed by atoms with Crippen molar-refractivity contribution in [2.45, 2.75) is 24.4 Å². The van der Waals surface area contributed by atoms with E-state index < -0.39 is 16.1 Å². The third-order valence-corrected chi connectivity index (χ3v) is 6.89. The van der Waals surface area contributed by atoms with Crippen LogP contribution in [0.3, 0.4) is 0 Å². The number of anilines is 1. The molecule has 4 rings (SSSR count). The molecule has 1 fully saturated rings. The Balaban J connectivity index is 1.44. The van der Waals surface area contributed by atoms with Crippen molar-refractivity contribution in [3.05, 3.63) is 53.7 Å². The zero-order chi connectivity index (χ0) is 22.0. The highest BCUT2D eigenvalue weighted by molar-refractivity contribution is 7.90. The van der Waals surface area contributed by atoms with Crippen LogP contribution in [0.1, 0.15) is 18.1 Å². The highest BCUT2D eigenvalue weighted by Crippen LogP contribution is 2.23. The number of rotatable bonds is 5. The van der Waals surface area contributed by atoms with Gasteiger partial charge in [0.25, 0.3) is 10.0 Å². The Morgan fingerprint density at radius 3 is 2.71 bits per heavy atom. The number of aromatic nitrogens is 1. The molecule has 2 aromatic rings. The molecule has 1 saturated heterocycles. The molecule has 10 heteroatoms. The molecule has 1 atom stereocenters. The molecule has 1 amide bonds. The maximum Gasteiger partial charge on any atom is 0.263 e. The van der Waals surface area contributed by atoms with Crippen molar-refractivity contribution in [3.8, 4) is 0 Å². The number of amidine groups is 1. The summed E-state index contributed by atoms with van der Waals surface area (Å²) in [7, 11) is -1.53. The summed E-state index contributed by atoms with van der Waals surface area (Å²) >= 11 is 0. The van der Waals surface area contributed by atoms with E-state index in [0.717, 1.165) is 37.6 Å². The normalized spacial score (nSPS) is 20.2. The predicted octanol–water partition coefficient (Wildman–Crippen LogP) is 0.577. The van der Waals surface area contributed by atoms with Crippen molar-refractivity contribution in [3.63, 3.8) is 0 Å². The molecule has 0 bridgehead atoms. The Kier molecular flexibility index (Phi) is 5.92. The highest BCUT2D eigenvalue weighted by Gasteiger charge is 2.31. The third-order valence-electron chi connectivity index (χ3n) is 5.49. The summed E-state index contributed by atoms with van der Waals surface area (Å²) in [6.45, 7) is 5.67. The molecule has 164 valence electrons. The van der Waals surface area contributed by atoms with Crippen LogP contribution in [-0.4, -0.2) is 69.3 Å². The number of pyridine rings is 1. The minimum atomic E-state index is -3.63. The summed E-state index contributed by atoms with van der Waals surface area (Å²) < 4.78 is 26.9. The van der Waals surface area contributed by atoms with E-state index in [9.17, 15) is 13.2 Å². The van der Waals surface area contributed by atoms with Gasteiger partial charge in [0.2, 0.25) is 5.91 Å². The second kappa shape index (κ2) is 8.64. The first kappa shape index (κ1) is 21.3. The number of benzene rings is 1. The number of likely N-dealkylation sites (N-methyl/N-ethyl adjacent to an activating group) is 1. The molecule has 1 aromatic carbocycles. The van der Waals surface area contributed by atoms with Crippen LogP contribution in [0.25, 0.3) is 0 Å². The van der Waals surface area contributed by atoms with Gasteiger partial charge in [0.1, 0.15) is 17.7 Å². The van der Waals surface area contributed by atoms with Gasteiger partial charge in [0.15, 0.2) is 0 Å². The standard InChI is InChI=1S/C21H26N6O3S/c1-15(24-19-17-7-3-4-8-18(17)31(29,30)25-19)21(28)23-14-16-6-5-9-22-20(16)27-12-10-26(2)11-13-27/h3-9,15H,10-14H2,1-2H3,(H,23,28)(H,24,25)/t15-/m0/s1. The molecule has 9 nitrogen and oxygen atoms in total. The van der Waals surface area contributed by atoms with E-state index >= 15 is 0 Å². The van der Waals surface area contributed by atoms with Gasteiger partial charge in [-0.25, -0.2) is 13.4 Å². The van der Waals surface area contributed by atoms with Gasteiger partial charge in [-0.2, -0.15) is 0 Å². The minimum absolute atomic E-state index is 0.175. The zero-order valence-corrected chi connectivity index (χ0v) is 18.4. The Bertz CT molecular complexity index is 1110. The van der Waals surface area contributed by atoms with Gasteiger partial charge in [-0.1, -0.05) is 18.2 Å². The molecule has 2 aliphatic heterocycles. The maximum absolute atomic E-state index is 12.7. The van der Waals surface area contributed by atoms with Crippen LogP contribution in [-0.2, 0) is 21.4 Å². The van der Waals surface area contributed by atoms with E-state index in [0.29, 0.717) is 12.1 Å². The van der Waals surface area contributed by atoms with Gasteiger partial charge in [-0.15, -0.1) is 0 Å². The van der Waals surface area contributed by atoms with E-state index in [1.165, 1.54) is 6.07 Å². The van der Waals surface area contributed by atoms with E-state index in [-0.39, 0.29) is 16.6 Å². The van der Waals surface area contributed by atoms with Gasteiger partial charge in [0.05, 0.1) is 4.90 Å². The number of carbonyl (C=O) groups is 1. The Morgan fingerprint density at radius 1 is 1.19 bits per heavy atom. The van der Waals surface area contributed by atoms with E-state index in [1.54, 1.807) is 31.3 Å². The number of carbonyl (C=O) groups excluding carboxylic acids is 1. The highest BCUT2D eigenvalue weighted by atomic mass is 32.2. The molecule has 2 N–H and O–H groups in total. The minimum Gasteiger partial charge on any atom is -0.354 e. The average molecular weight is 443 g/mol. The lowest BCUT2D eigenvalue weighted by Gasteiger charge is -2.34. The van der Waals surface area contributed by atoms with Gasteiger partial charge in [-0.05, 0) is 32.2 Å². The Morgan fingerprint density at radius 2 is 1.94 bits per heavy atom. The lowest BCUT2D eigenvalue weighted by molar-refractivity contribution is -0.122. The van der Waals surface area contributed by atoms with Gasteiger partial charge in [-0.3, -0.25) is 14.5 Å². The molecule has 3 heterocycles. The van der Waals surface area contributed by atoms with Crippen LogP contribution in [0.5, 0.6) is 0 Å². The molecule has 0 saturated carbocycles. The molecule has 0 spiro atoms. The fraction of sp³-hybridized carbons (Fsp3) is 0.381. The maximum atomic E-state index is 12.7. The van der Waals surface area contributed by atoms with E-state index in [1.807, 2.05) is 12.1 Å². The van der Waals surface area contributed by atoms with Crippen LogP contribution in [0.15, 0.2) is 52.5 Å². The smallest absolute Gasteiger partial charge is 0.263 e. The number of aliphatic imine (C=N–C) groups is 1. The van der Waals surface area contributed by atoms with E-state index in [4.69, 9.17) is 0 Å². The second-order valence-electron chi connectivity index (χ2n) is 7.75. The van der Waals surface area contributed by atoms with Crippen molar-refractivity contribution in [2.24, 2.45) is 4.99 Å². The number of nitrogens with one attached hydrogen (secondary N) is 2. The molecule has 31 heavy (non-hydrogen) atoms. The first-order valence-electron chi connectivity index (χ1n) is 10.2. The van der Waals surface area contributed by atoms with Gasteiger partial charge >= 0.3 is 0 Å². The van der Waals surface area contributed by atoms with Crippen molar-refractivity contribution >= 4 is 27.6 Å². The summed E-state index contributed by atoms with van der Waals surface area (Å²) in [5.74, 6) is 0.786. The fourth-order valence-electron chi connectivity index (χ4n) is 3.68. The number of fused-ring (bicyclic) bond motifs is 1. The quantitative estimate of drug-likeness (QED) is 0.702. The fourth-order valence-corrected chi connectivity index (χ4v) is 4.92. The number of amides is 1. The predicted molar refractivity (Wildman–Crippen MR) is 119 cm³/mol. The lowest BCUT2D eigenvalue weighted by atomic mass is 10.2. The topological polar surface area (TPSA) is 107 Å². The number of hydrogen-bond donors (Lipinski definition) is 2. The average Bonchev–Trinajstić information content (AvgIpc) is 3.03. The Hall–Kier alpha value is -2.98. The van der Waals surface area contributed by atoms with Crippen LogP contribution < -0.4 is 14.9 Å². The van der Waals surface area contributed by atoms with Gasteiger partial charge in [0, 0.05) is 50.0 Å². The molecule has 2 aliphatic rings. The van der Waals surface area contributed by atoms with Crippen molar-refractivity contribution in [1.82, 2.24) is 19.9 Å². The van der Waals surface area contributed by atoms with E-state index in [2.05, 4.69) is 36.9 Å². The van der Waals surface area contributed by atoms with Crippen LogP contribution in [0.2, 0.25) is 0 Å². The van der Waals surface area contributed by atoms with Crippen molar-refractivity contribution in [2.75, 3.05) is 38.1 Å². The number of sulfonamides is 1. The molecular weight excluding hydrogens is 416 g/mol. The molecule has 0 radical (unpaired) electrons. The second-order valence-corrected chi connectivity index (χ2v) is 9.40. The zero-order valence-electron chi connectivity index (χ0n) is 17.6. The molecular formula is C21H26N6O3S. The van der Waals surface area contributed by atoms with Crippen LogP contribution in [0.4, 0.5) is 5.82 Å². The first-order chi connectivity index (χ1) is 14.8. The number of piperazine rings is 1. The monoisotopic (exact) mass is 442 g/mol. The Labute approximate surface area is 182 Å². The van der Waals surface area contributed by atoms with Crippen molar-refractivity contribution in [1.29, 1.82) is 0 Å².